The number of rotatable bonds is 8. The number of hydrogen-bond donors (Lipinski definition) is 1. The monoisotopic (exact) mass is 252 g/mol. The van der Waals surface area contributed by atoms with Crippen molar-refractivity contribution < 1.29 is 9.47 Å². The molecule has 1 aromatic rings. The Balaban J connectivity index is 2.88. The van der Waals surface area contributed by atoms with Gasteiger partial charge in [0.2, 0.25) is 0 Å². The summed E-state index contributed by atoms with van der Waals surface area (Å²) in [5, 5.41) is 3.52. The van der Waals surface area contributed by atoms with Crippen LogP contribution in [0, 0.1) is 5.92 Å². The summed E-state index contributed by atoms with van der Waals surface area (Å²) < 4.78 is 10.6. The van der Waals surface area contributed by atoms with Gasteiger partial charge in [-0.05, 0) is 24.9 Å². The standard InChI is InChI=1S/C14H24N2O2/c1-5-16-14(11(2)7-9-17-3)12-6-8-15-10-13(12)18-4/h6,8,10-11,14,16H,5,7,9H2,1-4H3. The van der Waals surface area contributed by atoms with E-state index in [9.17, 15) is 0 Å². The van der Waals surface area contributed by atoms with Gasteiger partial charge in [-0.1, -0.05) is 13.8 Å². The minimum Gasteiger partial charge on any atom is -0.495 e. The molecule has 0 bridgehead atoms. The van der Waals surface area contributed by atoms with E-state index in [2.05, 4.69) is 24.1 Å². The Morgan fingerprint density at radius 2 is 2.17 bits per heavy atom. The molecule has 0 fully saturated rings. The fraction of sp³-hybridized carbons (Fsp3) is 0.643. The topological polar surface area (TPSA) is 43.4 Å². The van der Waals surface area contributed by atoms with E-state index in [1.165, 1.54) is 0 Å². The Morgan fingerprint density at radius 3 is 2.78 bits per heavy atom. The zero-order valence-corrected chi connectivity index (χ0v) is 11.8. The lowest BCUT2D eigenvalue weighted by molar-refractivity contribution is 0.170. The van der Waals surface area contributed by atoms with Crippen molar-refractivity contribution in [3.63, 3.8) is 0 Å². The highest BCUT2D eigenvalue weighted by Crippen LogP contribution is 2.30. The average Bonchev–Trinajstić information content (AvgIpc) is 2.42. The van der Waals surface area contributed by atoms with Crippen molar-refractivity contribution in [1.82, 2.24) is 10.3 Å². The molecule has 0 saturated carbocycles. The van der Waals surface area contributed by atoms with E-state index in [4.69, 9.17) is 9.47 Å². The summed E-state index contributed by atoms with van der Waals surface area (Å²) >= 11 is 0. The molecule has 1 heterocycles. The van der Waals surface area contributed by atoms with Gasteiger partial charge in [-0.15, -0.1) is 0 Å². The Kier molecular flexibility index (Phi) is 6.68. The Bertz CT molecular complexity index is 344. The van der Waals surface area contributed by atoms with Gasteiger partial charge in [0.05, 0.1) is 13.3 Å². The summed E-state index contributed by atoms with van der Waals surface area (Å²) in [5.74, 6) is 1.31. The third kappa shape index (κ3) is 3.96. The summed E-state index contributed by atoms with van der Waals surface area (Å²) in [4.78, 5) is 4.10. The first-order valence-corrected chi connectivity index (χ1v) is 6.44. The lowest BCUT2D eigenvalue weighted by Gasteiger charge is -2.26. The molecule has 0 aliphatic heterocycles. The summed E-state index contributed by atoms with van der Waals surface area (Å²) in [6.07, 6.45) is 4.59. The van der Waals surface area contributed by atoms with Gasteiger partial charge in [0.15, 0.2) is 0 Å². The second kappa shape index (κ2) is 8.06. The van der Waals surface area contributed by atoms with Gasteiger partial charge in [-0.3, -0.25) is 4.98 Å². The first-order chi connectivity index (χ1) is 8.74. The number of hydrogen-bond acceptors (Lipinski definition) is 4. The molecule has 4 heteroatoms. The van der Waals surface area contributed by atoms with E-state index in [1.807, 2.05) is 12.3 Å². The minimum atomic E-state index is 0.267. The maximum atomic E-state index is 5.39. The average molecular weight is 252 g/mol. The summed E-state index contributed by atoms with van der Waals surface area (Å²) in [6.45, 7) is 6.04. The zero-order chi connectivity index (χ0) is 13.4. The third-order valence-electron chi connectivity index (χ3n) is 3.14. The summed E-state index contributed by atoms with van der Waals surface area (Å²) in [5.41, 5.74) is 1.16. The van der Waals surface area contributed by atoms with E-state index in [0.717, 1.165) is 30.9 Å². The van der Waals surface area contributed by atoms with Crippen LogP contribution in [0.4, 0.5) is 0 Å². The fourth-order valence-corrected chi connectivity index (χ4v) is 2.13. The number of nitrogens with one attached hydrogen (secondary N) is 1. The Morgan fingerprint density at radius 1 is 1.39 bits per heavy atom. The zero-order valence-electron chi connectivity index (χ0n) is 11.8. The van der Waals surface area contributed by atoms with Crippen LogP contribution >= 0.6 is 0 Å². The molecule has 0 aliphatic rings. The molecule has 0 saturated heterocycles. The maximum Gasteiger partial charge on any atom is 0.141 e. The van der Waals surface area contributed by atoms with Crippen molar-refractivity contribution in [3.05, 3.63) is 24.0 Å². The molecule has 0 amide bonds. The third-order valence-corrected chi connectivity index (χ3v) is 3.14. The largest absolute Gasteiger partial charge is 0.495 e. The minimum absolute atomic E-state index is 0.267. The van der Waals surface area contributed by atoms with Gasteiger partial charge in [-0.2, -0.15) is 0 Å². The van der Waals surface area contributed by atoms with E-state index in [0.29, 0.717) is 5.92 Å². The van der Waals surface area contributed by atoms with Gasteiger partial charge in [-0.25, -0.2) is 0 Å². The van der Waals surface area contributed by atoms with Crippen LogP contribution < -0.4 is 10.1 Å². The smallest absolute Gasteiger partial charge is 0.141 e. The quantitative estimate of drug-likeness (QED) is 0.771. The lowest BCUT2D eigenvalue weighted by atomic mass is 9.92. The van der Waals surface area contributed by atoms with E-state index >= 15 is 0 Å². The summed E-state index contributed by atoms with van der Waals surface area (Å²) in [6, 6.07) is 2.29. The normalized spacial score (nSPS) is 14.2. The molecule has 4 nitrogen and oxygen atoms in total. The van der Waals surface area contributed by atoms with Crippen molar-refractivity contribution in [2.24, 2.45) is 5.92 Å². The van der Waals surface area contributed by atoms with Crippen LogP contribution in [0.3, 0.4) is 0 Å². The first-order valence-electron chi connectivity index (χ1n) is 6.44. The lowest BCUT2D eigenvalue weighted by Crippen LogP contribution is -2.28. The molecule has 0 aromatic carbocycles. The number of ether oxygens (including phenoxy) is 2. The molecular formula is C14H24N2O2. The van der Waals surface area contributed by atoms with Crippen molar-refractivity contribution in [2.75, 3.05) is 27.4 Å². The molecule has 2 atom stereocenters. The van der Waals surface area contributed by atoms with E-state index in [1.54, 1.807) is 20.4 Å². The van der Waals surface area contributed by atoms with Crippen LogP contribution in [0.2, 0.25) is 0 Å². The number of nitrogens with zero attached hydrogens (tertiary/aromatic N) is 1. The highest BCUT2D eigenvalue weighted by atomic mass is 16.5. The molecule has 0 aliphatic carbocycles. The molecule has 0 radical (unpaired) electrons. The molecule has 18 heavy (non-hydrogen) atoms. The molecule has 1 aromatic heterocycles. The number of pyridine rings is 1. The van der Waals surface area contributed by atoms with Gasteiger partial charge in [0.1, 0.15) is 5.75 Å². The second-order valence-electron chi connectivity index (χ2n) is 4.41. The SMILES string of the molecule is CCNC(c1ccncc1OC)C(C)CCOC. The highest BCUT2D eigenvalue weighted by Gasteiger charge is 2.21. The maximum absolute atomic E-state index is 5.39. The summed E-state index contributed by atoms with van der Waals surface area (Å²) in [7, 11) is 3.42. The Labute approximate surface area is 110 Å². The molecule has 2 unspecified atom stereocenters. The first kappa shape index (κ1) is 14.9. The van der Waals surface area contributed by atoms with Crippen LogP contribution in [0.15, 0.2) is 18.5 Å². The van der Waals surface area contributed by atoms with Crippen molar-refractivity contribution in [3.8, 4) is 5.75 Å². The van der Waals surface area contributed by atoms with Crippen LogP contribution in [0.25, 0.3) is 0 Å². The number of methoxy groups -OCH3 is 2. The van der Waals surface area contributed by atoms with Crippen molar-refractivity contribution in [1.29, 1.82) is 0 Å². The van der Waals surface area contributed by atoms with Gasteiger partial charge < -0.3 is 14.8 Å². The molecule has 1 N–H and O–H groups in total. The van der Waals surface area contributed by atoms with Gasteiger partial charge >= 0.3 is 0 Å². The predicted molar refractivity (Wildman–Crippen MR) is 72.9 cm³/mol. The predicted octanol–water partition coefficient (Wildman–Crippen LogP) is 2.41. The Hall–Kier alpha value is -1.13. The van der Waals surface area contributed by atoms with Crippen LogP contribution in [0.5, 0.6) is 5.75 Å². The van der Waals surface area contributed by atoms with Gasteiger partial charge in [0, 0.05) is 31.5 Å². The molecule has 102 valence electrons. The molecule has 1 rings (SSSR count). The van der Waals surface area contributed by atoms with Crippen molar-refractivity contribution >= 4 is 0 Å². The molecule has 0 spiro atoms. The van der Waals surface area contributed by atoms with Crippen LogP contribution in [-0.4, -0.2) is 32.4 Å². The van der Waals surface area contributed by atoms with Crippen LogP contribution in [-0.2, 0) is 4.74 Å². The second-order valence-corrected chi connectivity index (χ2v) is 4.41. The number of aromatic nitrogens is 1. The highest BCUT2D eigenvalue weighted by molar-refractivity contribution is 5.33. The molecular weight excluding hydrogens is 228 g/mol. The van der Waals surface area contributed by atoms with E-state index < -0.39 is 0 Å². The fourth-order valence-electron chi connectivity index (χ4n) is 2.13. The van der Waals surface area contributed by atoms with Gasteiger partial charge in [0.25, 0.3) is 0 Å². The van der Waals surface area contributed by atoms with Crippen LogP contribution in [0.1, 0.15) is 31.9 Å². The van der Waals surface area contributed by atoms with E-state index in [-0.39, 0.29) is 6.04 Å². The van der Waals surface area contributed by atoms with Crippen molar-refractivity contribution in [2.45, 2.75) is 26.3 Å².